The minimum absolute atomic E-state index is 0.119. The number of anilines is 2. The third-order valence-corrected chi connectivity index (χ3v) is 6.61. The Balaban J connectivity index is 1.80. The summed E-state index contributed by atoms with van der Waals surface area (Å²) in [5, 5.41) is 2.70. The maximum atomic E-state index is 12.7. The summed E-state index contributed by atoms with van der Waals surface area (Å²) in [4.78, 5) is 24.5. The molecule has 2 aromatic rings. The van der Waals surface area contributed by atoms with Crippen LogP contribution in [0.4, 0.5) is 11.4 Å². The highest BCUT2D eigenvalue weighted by Crippen LogP contribution is 2.35. The van der Waals surface area contributed by atoms with Gasteiger partial charge in [-0.1, -0.05) is 11.6 Å². The number of hydrogen-bond acceptors (Lipinski definition) is 7. The minimum Gasteiger partial charge on any atom is -0.486 e. The number of hydrogen-bond donors (Lipinski definition) is 1. The van der Waals surface area contributed by atoms with Crippen LogP contribution < -0.4 is 19.1 Å². The molecule has 32 heavy (non-hydrogen) atoms. The molecule has 1 N–H and O–H groups in total. The predicted octanol–water partition coefficient (Wildman–Crippen LogP) is 3.08. The Morgan fingerprint density at radius 3 is 2.47 bits per heavy atom. The molecule has 11 heteroatoms. The number of carbonyl (C=O) groups excluding carboxylic acids is 2. The molecule has 0 aromatic heterocycles. The summed E-state index contributed by atoms with van der Waals surface area (Å²) in [5.74, 6) is -0.437. The molecular formula is C21H23ClN2O7S. The van der Waals surface area contributed by atoms with Crippen LogP contribution in [0, 0.1) is 0 Å². The number of fused-ring (bicyclic) bond motifs is 1. The molecule has 0 spiro atoms. The van der Waals surface area contributed by atoms with E-state index in [0.717, 1.165) is 4.31 Å². The Morgan fingerprint density at radius 2 is 1.81 bits per heavy atom. The predicted molar refractivity (Wildman–Crippen MR) is 120 cm³/mol. The standard InChI is InChI=1S/C21H23ClN2O7S/c1-3-29-21(26)14-5-7-17(16(22)11-14)23-20(25)13-24(32(27,28)4-2)15-6-8-18-19(12-15)31-10-9-30-18/h5-8,11-12H,3-4,9-10,13H2,1-2H3,(H,23,25). The second-order valence-corrected chi connectivity index (χ2v) is 9.29. The minimum atomic E-state index is -3.78. The van der Waals surface area contributed by atoms with Gasteiger partial charge in [0.05, 0.1) is 34.3 Å². The molecular weight excluding hydrogens is 460 g/mol. The van der Waals surface area contributed by atoms with Crippen LogP contribution in [0.5, 0.6) is 11.5 Å². The van der Waals surface area contributed by atoms with Crippen molar-refractivity contribution in [2.24, 2.45) is 0 Å². The third-order valence-electron chi connectivity index (χ3n) is 4.56. The van der Waals surface area contributed by atoms with E-state index in [1.165, 1.54) is 31.2 Å². The van der Waals surface area contributed by atoms with E-state index < -0.39 is 28.4 Å². The molecule has 0 saturated carbocycles. The molecule has 0 bridgehead atoms. The second-order valence-electron chi connectivity index (χ2n) is 6.70. The molecule has 1 amide bonds. The van der Waals surface area contributed by atoms with E-state index in [-0.39, 0.29) is 34.3 Å². The summed E-state index contributed by atoms with van der Waals surface area (Å²) in [5.41, 5.74) is 0.747. The van der Waals surface area contributed by atoms with E-state index >= 15 is 0 Å². The number of nitrogens with zero attached hydrogens (tertiary/aromatic N) is 1. The fraction of sp³-hybridized carbons (Fsp3) is 0.333. The van der Waals surface area contributed by atoms with Gasteiger partial charge in [-0.2, -0.15) is 0 Å². The van der Waals surface area contributed by atoms with Crippen molar-refractivity contribution in [3.8, 4) is 11.5 Å². The molecule has 2 aromatic carbocycles. The van der Waals surface area contributed by atoms with Crippen molar-refractivity contribution in [1.82, 2.24) is 0 Å². The van der Waals surface area contributed by atoms with Gasteiger partial charge in [0.15, 0.2) is 11.5 Å². The molecule has 1 heterocycles. The first-order valence-electron chi connectivity index (χ1n) is 9.91. The van der Waals surface area contributed by atoms with Gasteiger partial charge >= 0.3 is 5.97 Å². The highest BCUT2D eigenvalue weighted by atomic mass is 35.5. The zero-order valence-electron chi connectivity index (χ0n) is 17.6. The summed E-state index contributed by atoms with van der Waals surface area (Å²) in [6.45, 7) is 3.66. The van der Waals surface area contributed by atoms with Crippen molar-refractivity contribution in [3.63, 3.8) is 0 Å². The molecule has 1 aliphatic rings. The zero-order valence-corrected chi connectivity index (χ0v) is 19.2. The summed E-state index contributed by atoms with van der Waals surface area (Å²) in [6.07, 6.45) is 0. The van der Waals surface area contributed by atoms with Crippen LogP contribution in [0.1, 0.15) is 24.2 Å². The molecule has 172 valence electrons. The Kier molecular flexibility index (Phi) is 7.47. The van der Waals surface area contributed by atoms with Gasteiger partial charge in [-0.3, -0.25) is 9.10 Å². The first-order valence-corrected chi connectivity index (χ1v) is 11.9. The lowest BCUT2D eigenvalue weighted by atomic mass is 10.2. The first kappa shape index (κ1) is 23.7. The highest BCUT2D eigenvalue weighted by molar-refractivity contribution is 7.92. The Morgan fingerprint density at radius 1 is 1.09 bits per heavy atom. The van der Waals surface area contributed by atoms with E-state index in [9.17, 15) is 18.0 Å². The quantitative estimate of drug-likeness (QED) is 0.575. The third kappa shape index (κ3) is 5.43. The molecule has 1 aliphatic heterocycles. The largest absolute Gasteiger partial charge is 0.486 e. The maximum Gasteiger partial charge on any atom is 0.338 e. The van der Waals surface area contributed by atoms with Gasteiger partial charge in [-0.15, -0.1) is 0 Å². The van der Waals surface area contributed by atoms with Crippen LogP contribution in [0.3, 0.4) is 0 Å². The van der Waals surface area contributed by atoms with Crippen molar-refractivity contribution >= 4 is 44.9 Å². The SMILES string of the molecule is CCOC(=O)c1ccc(NC(=O)CN(c2ccc3c(c2)OCCO3)S(=O)(=O)CC)c(Cl)c1. The molecule has 0 saturated heterocycles. The van der Waals surface area contributed by atoms with E-state index in [2.05, 4.69) is 5.32 Å². The Bertz CT molecular complexity index is 1120. The molecule has 3 rings (SSSR count). The monoisotopic (exact) mass is 482 g/mol. The van der Waals surface area contributed by atoms with Crippen molar-refractivity contribution < 1.29 is 32.2 Å². The summed E-state index contributed by atoms with van der Waals surface area (Å²) >= 11 is 6.18. The maximum absolute atomic E-state index is 12.7. The Labute approximate surface area is 191 Å². The number of esters is 1. The molecule has 0 radical (unpaired) electrons. The van der Waals surface area contributed by atoms with Gasteiger partial charge in [0.2, 0.25) is 15.9 Å². The smallest absolute Gasteiger partial charge is 0.338 e. The van der Waals surface area contributed by atoms with Crippen LogP contribution in [0.25, 0.3) is 0 Å². The van der Waals surface area contributed by atoms with Crippen LogP contribution in [0.2, 0.25) is 5.02 Å². The average molecular weight is 483 g/mol. The highest BCUT2D eigenvalue weighted by Gasteiger charge is 2.26. The van der Waals surface area contributed by atoms with Crippen molar-refractivity contribution in [3.05, 3.63) is 47.0 Å². The van der Waals surface area contributed by atoms with Gasteiger partial charge in [0.25, 0.3) is 0 Å². The summed E-state index contributed by atoms with van der Waals surface area (Å²) in [7, 11) is -3.78. The number of sulfonamides is 1. The van der Waals surface area contributed by atoms with Gasteiger partial charge in [-0.05, 0) is 44.2 Å². The van der Waals surface area contributed by atoms with Crippen molar-refractivity contribution in [1.29, 1.82) is 0 Å². The summed E-state index contributed by atoms with van der Waals surface area (Å²) < 4.78 is 42.3. The second kappa shape index (κ2) is 10.1. The van der Waals surface area contributed by atoms with E-state index in [1.54, 1.807) is 19.1 Å². The molecule has 0 unspecified atom stereocenters. The molecule has 0 fully saturated rings. The van der Waals surface area contributed by atoms with E-state index in [1.807, 2.05) is 0 Å². The fourth-order valence-corrected chi connectivity index (χ4v) is 4.26. The normalized spacial score (nSPS) is 12.7. The van der Waals surface area contributed by atoms with E-state index in [4.69, 9.17) is 25.8 Å². The number of benzene rings is 2. The lowest BCUT2D eigenvalue weighted by molar-refractivity contribution is -0.114. The molecule has 9 nitrogen and oxygen atoms in total. The van der Waals surface area contributed by atoms with Gasteiger partial charge < -0.3 is 19.5 Å². The number of carbonyl (C=O) groups is 2. The van der Waals surface area contributed by atoms with Gasteiger partial charge in [0.1, 0.15) is 19.8 Å². The van der Waals surface area contributed by atoms with Gasteiger partial charge in [-0.25, -0.2) is 13.2 Å². The van der Waals surface area contributed by atoms with Crippen LogP contribution in [0.15, 0.2) is 36.4 Å². The topological polar surface area (TPSA) is 111 Å². The number of ether oxygens (including phenoxy) is 3. The van der Waals surface area contributed by atoms with Crippen LogP contribution in [-0.4, -0.2) is 52.4 Å². The number of nitrogens with one attached hydrogen (secondary N) is 1. The molecule has 0 aliphatic carbocycles. The number of amides is 1. The van der Waals surface area contributed by atoms with Crippen LogP contribution in [-0.2, 0) is 19.6 Å². The van der Waals surface area contributed by atoms with Crippen molar-refractivity contribution in [2.45, 2.75) is 13.8 Å². The van der Waals surface area contributed by atoms with Crippen molar-refractivity contribution in [2.75, 3.05) is 41.7 Å². The van der Waals surface area contributed by atoms with Crippen LogP contribution >= 0.6 is 11.6 Å². The zero-order chi connectivity index (χ0) is 23.3. The molecule has 0 atom stereocenters. The average Bonchev–Trinajstić information content (AvgIpc) is 2.78. The fourth-order valence-electron chi connectivity index (χ4n) is 2.97. The lowest BCUT2D eigenvalue weighted by Crippen LogP contribution is -2.39. The van der Waals surface area contributed by atoms with E-state index in [0.29, 0.717) is 24.7 Å². The first-order chi connectivity index (χ1) is 15.2. The van der Waals surface area contributed by atoms with Gasteiger partial charge in [0, 0.05) is 6.07 Å². The summed E-state index contributed by atoms with van der Waals surface area (Å²) in [6, 6.07) is 8.96. The Hall–Kier alpha value is -2.98. The number of halogens is 1. The lowest BCUT2D eigenvalue weighted by Gasteiger charge is -2.25. The number of rotatable bonds is 8.